The van der Waals surface area contributed by atoms with Crippen LogP contribution in [0.3, 0.4) is 0 Å². The van der Waals surface area contributed by atoms with E-state index in [-0.39, 0.29) is 5.91 Å². The number of primary amides is 1. The van der Waals surface area contributed by atoms with Gasteiger partial charge in [-0.1, -0.05) is 0 Å². The molecule has 1 heterocycles. The normalized spacial score (nSPS) is 15.8. The predicted octanol–water partition coefficient (Wildman–Crippen LogP) is 1.37. The van der Waals surface area contributed by atoms with Crippen molar-refractivity contribution in [2.24, 2.45) is 5.73 Å². The van der Waals surface area contributed by atoms with Gasteiger partial charge in [-0.15, -0.1) is 0 Å². The third-order valence-electron chi connectivity index (χ3n) is 2.25. The Bertz CT molecular complexity index is 356. The van der Waals surface area contributed by atoms with Gasteiger partial charge in [-0.05, 0) is 31.9 Å². The molecule has 0 radical (unpaired) electrons. The summed E-state index contributed by atoms with van der Waals surface area (Å²) in [7, 11) is 0. The lowest BCUT2D eigenvalue weighted by atomic mass is 10.1. The van der Waals surface area contributed by atoms with Gasteiger partial charge < -0.3 is 5.73 Å². The zero-order valence-corrected chi connectivity index (χ0v) is 7.58. The number of rotatable bonds is 2. The molecule has 68 valence electrons. The summed E-state index contributed by atoms with van der Waals surface area (Å²) >= 11 is 0. The Hall–Kier alpha value is -1.38. The van der Waals surface area contributed by atoms with Crippen molar-refractivity contribution in [1.29, 1.82) is 0 Å². The molecule has 3 nitrogen and oxygen atoms in total. The maximum Gasteiger partial charge on any atom is 0.248 e. The van der Waals surface area contributed by atoms with Gasteiger partial charge >= 0.3 is 0 Å². The lowest BCUT2D eigenvalue weighted by Crippen LogP contribution is -2.12. The van der Waals surface area contributed by atoms with Gasteiger partial charge in [-0.2, -0.15) is 0 Å². The molecule has 0 spiro atoms. The van der Waals surface area contributed by atoms with Crippen molar-refractivity contribution >= 4 is 5.91 Å². The summed E-state index contributed by atoms with van der Waals surface area (Å²) in [6.07, 6.45) is 2.38. The van der Waals surface area contributed by atoms with Crippen LogP contribution < -0.4 is 5.73 Å². The number of carbonyl (C=O) groups is 1. The number of aromatic nitrogens is 1. The molecule has 0 aliphatic heterocycles. The molecule has 1 saturated carbocycles. The van der Waals surface area contributed by atoms with Crippen molar-refractivity contribution < 1.29 is 4.79 Å². The van der Waals surface area contributed by atoms with Crippen LogP contribution >= 0.6 is 0 Å². The summed E-state index contributed by atoms with van der Waals surface area (Å²) in [4.78, 5) is 15.3. The fraction of sp³-hybridized carbons (Fsp3) is 0.400. The molecule has 0 unspecified atom stereocenters. The first-order valence-electron chi connectivity index (χ1n) is 4.45. The minimum atomic E-state index is -0.368. The highest BCUT2D eigenvalue weighted by Crippen LogP contribution is 2.39. The first-order chi connectivity index (χ1) is 6.16. The van der Waals surface area contributed by atoms with Crippen LogP contribution in [0.4, 0.5) is 0 Å². The van der Waals surface area contributed by atoms with Gasteiger partial charge in [-0.25, -0.2) is 0 Å². The number of hydrogen-bond acceptors (Lipinski definition) is 2. The summed E-state index contributed by atoms with van der Waals surface area (Å²) in [5.41, 5.74) is 7.68. The average Bonchev–Trinajstić information content (AvgIpc) is 2.85. The molecule has 3 heteroatoms. The highest BCUT2D eigenvalue weighted by Gasteiger charge is 2.25. The Morgan fingerprint density at radius 1 is 1.54 bits per heavy atom. The fourth-order valence-corrected chi connectivity index (χ4v) is 1.42. The molecule has 1 fully saturated rings. The first-order valence-corrected chi connectivity index (χ1v) is 4.45. The van der Waals surface area contributed by atoms with E-state index in [4.69, 9.17) is 5.73 Å². The Labute approximate surface area is 77.0 Å². The summed E-state index contributed by atoms with van der Waals surface area (Å²) in [6, 6.07) is 3.54. The highest BCUT2D eigenvalue weighted by molar-refractivity contribution is 5.92. The van der Waals surface area contributed by atoms with Gasteiger partial charge in [0.25, 0.3) is 0 Å². The van der Waals surface area contributed by atoms with Crippen LogP contribution in [0.15, 0.2) is 12.1 Å². The molecule has 2 rings (SSSR count). The molecule has 13 heavy (non-hydrogen) atoms. The highest BCUT2D eigenvalue weighted by atomic mass is 16.1. The van der Waals surface area contributed by atoms with Crippen molar-refractivity contribution in [2.75, 3.05) is 0 Å². The summed E-state index contributed by atoms with van der Waals surface area (Å²) < 4.78 is 0. The minimum Gasteiger partial charge on any atom is -0.366 e. The lowest BCUT2D eigenvalue weighted by molar-refractivity contribution is 0.1000. The van der Waals surface area contributed by atoms with Gasteiger partial charge in [0.05, 0.1) is 0 Å². The van der Waals surface area contributed by atoms with Crippen LogP contribution in [0.2, 0.25) is 0 Å². The third-order valence-corrected chi connectivity index (χ3v) is 2.25. The maximum absolute atomic E-state index is 10.9. The molecule has 0 bridgehead atoms. The van der Waals surface area contributed by atoms with Crippen molar-refractivity contribution in [3.8, 4) is 0 Å². The lowest BCUT2D eigenvalue weighted by Gasteiger charge is -2.02. The third kappa shape index (κ3) is 1.69. The second-order valence-electron chi connectivity index (χ2n) is 3.56. The first kappa shape index (κ1) is 8.23. The van der Waals surface area contributed by atoms with E-state index in [2.05, 4.69) is 4.98 Å². The molecular formula is C10H12N2O. The van der Waals surface area contributed by atoms with E-state index in [1.807, 2.05) is 13.0 Å². The van der Waals surface area contributed by atoms with E-state index in [1.165, 1.54) is 12.8 Å². The molecule has 1 aromatic rings. The molecule has 2 N–H and O–H groups in total. The van der Waals surface area contributed by atoms with E-state index >= 15 is 0 Å². The SMILES string of the molecule is Cc1cc(C(N)=O)cc(C2CC2)n1. The summed E-state index contributed by atoms with van der Waals surface area (Å²) in [5, 5.41) is 0. The number of aryl methyl sites for hydroxylation is 1. The maximum atomic E-state index is 10.9. The van der Waals surface area contributed by atoms with Crippen LogP contribution in [0.5, 0.6) is 0 Å². The number of nitrogens with zero attached hydrogens (tertiary/aromatic N) is 1. The van der Waals surface area contributed by atoms with E-state index < -0.39 is 0 Å². The van der Waals surface area contributed by atoms with Gasteiger partial charge in [-0.3, -0.25) is 9.78 Å². The fourth-order valence-electron chi connectivity index (χ4n) is 1.42. The van der Waals surface area contributed by atoms with Gasteiger partial charge in [0, 0.05) is 22.9 Å². The second kappa shape index (κ2) is 2.83. The summed E-state index contributed by atoms with van der Waals surface area (Å²) in [5.74, 6) is 0.199. The molecule has 1 aliphatic carbocycles. The Morgan fingerprint density at radius 3 is 2.77 bits per heavy atom. The van der Waals surface area contributed by atoms with Crippen LogP contribution in [0.25, 0.3) is 0 Å². The molecule has 0 atom stereocenters. The van der Waals surface area contributed by atoms with Crippen molar-refractivity contribution in [3.63, 3.8) is 0 Å². The Morgan fingerprint density at radius 2 is 2.23 bits per heavy atom. The minimum absolute atomic E-state index is 0.368. The van der Waals surface area contributed by atoms with Crippen molar-refractivity contribution in [1.82, 2.24) is 4.98 Å². The van der Waals surface area contributed by atoms with Gasteiger partial charge in [0.1, 0.15) is 0 Å². The standard InChI is InChI=1S/C10H12N2O/c1-6-4-8(10(11)13)5-9(12-6)7-2-3-7/h4-5,7H,2-3H2,1H3,(H2,11,13). The largest absolute Gasteiger partial charge is 0.366 e. The number of carbonyl (C=O) groups excluding carboxylic acids is 1. The number of nitrogens with two attached hydrogens (primary N) is 1. The van der Waals surface area contributed by atoms with Crippen LogP contribution in [0, 0.1) is 6.92 Å². The van der Waals surface area contributed by atoms with Gasteiger partial charge in [0.15, 0.2) is 0 Å². The monoisotopic (exact) mass is 176 g/mol. The van der Waals surface area contributed by atoms with E-state index in [0.717, 1.165) is 11.4 Å². The quantitative estimate of drug-likeness (QED) is 0.739. The average molecular weight is 176 g/mol. The van der Waals surface area contributed by atoms with Crippen molar-refractivity contribution in [2.45, 2.75) is 25.7 Å². The van der Waals surface area contributed by atoms with Crippen molar-refractivity contribution in [3.05, 3.63) is 29.1 Å². The second-order valence-corrected chi connectivity index (χ2v) is 3.56. The zero-order valence-electron chi connectivity index (χ0n) is 7.58. The number of pyridine rings is 1. The summed E-state index contributed by atoms with van der Waals surface area (Å²) in [6.45, 7) is 1.89. The van der Waals surface area contributed by atoms with Gasteiger partial charge in [0.2, 0.25) is 5.91 Å². The Kier molecular flexibility index (Phi) is 1.79. The van der Waals surface area contributed by atoms with Crippen LogP contribution in [-0.2, 0) is 0 Å². The Balaban J connectivity index is 2.41. The number of amides is 1. The van der Waals surface area contributed by atoms with E-state index in [1.54, 1.807) is 6.07 Å². The molecule has 1 aromatic heterocycles. The van der Waals surface area contributed by atoms with Crippen LogP contribution in [0.1, 0.15) is 40.5 Å². The number of hydrogen-bond donors (Lipinski definition) is 1. The molecule has 0 saturated heterocycles. The van der Waals surface area contributed by atoms with Crippen LogP contribution in [-0.4, -0.2) is 10.9 Å². The van der Waals surface area contributed by atoms with E-state index in [9.17, 15) is 4.79 Å². The smallest absolute Gasteiger partial charge is 0.248 e. The topological polar surface area (TPSA) is 56.0 Å². The molecule has 1 aliphatic rings. The molecular weight excluding hydrogens is 164 g/mol. The molecule has 0 aromatic carbocycles. The zero-order chi connectivity index (χ0) is 9.42. The predicted molar refractivity (Wildman–Crippen MR) is 49.5 cm³/mol. The molecule has 1 amide bonds. The van der Waals surface area contributed by atoms with E-state index in [0.29, 0.717) is 11.5 Å².